The molecule has 2 rings (SSSR count). The van der Waals surface area contributed by atoms with Gasteiger partial charge in [0, 0.05) is 17.5 Å². The molecular formula is C17H21NO4. The minimum atomic E-state index is -0.862. The Balaban J connectivity index is 2.07. The molecule has 1 atom stereocenters. The predicted octanol–water partition coefficient (Wildman–Crippen LogP) is 3.06. The fourth-order valence-corrected chi connectivity index (χ4v) is 2.09. The number of carbonyl (C=O) groups excluding carboxylic acids is 2. The Morgan fingerprint density at radius 2 is 1.91 bits per heavy atom. The highest BCUT2D eigenvalue weighted by molar-refractivity contribution is 5.97. The van der Waals surface area contributed by atoms with E-state index in [1.807, 2.05) is 32.0 Å². The molecule has 1 N–H and O–H groups in total. The topological polar surface area (TPSA) is 68.5 Å². The summed E-state index contributed by atoms with van der Waals surface area (Å²) in [6.45, 7) is 7.88. The lowest BCUT2D eigenvalue weighted by Gasteiger charge is -2.14. The van der Waals surface area contributed by atoms with Crippen molar-refractivity contribution in [3.8, 4) is 0 Å². The minimum absolute atomic E-state index is 0.143. The molecule has 1 amide bonds. The van der Waals surface area contributed by atoms with Gasteiger partial charge in [-0.2, -0.15) is 0 Å². The number of nitrogens with one attached hydrogen (secondary N) is 1. The van der Waals surface area contributed by atoms with E-state index in [-0.39, 0.29) is 11.7 Å². The van der Waals surface area contributed by atoms with E-state index in [1.165, 1.54) is 0 Å². The molecule has 22 heavy (non-hydrogen) atoms. The van der Waals surface area contributed by atoms with E-state index in [2.05, 4.69) is 5.32 Å². The second kappa shape index (κ2) is 6.64. The number of aryl methyl sites for hydroxylation is 1. The Bertz CT molecular complexity index is 687. The number of esters is 1. The first-order valence-electron chi connectivity index (χ1n) is 7.37. The van der Waals surface area contributed by atoms with Crippen LogP contribution in [0.5, 0.6) is 0 Å². The maximum absolute atomic E-state index is 12.2. The maximum Gasteiger partial charge on any atom is 0.375 e. The van der Waals surface area contributed by atoms with Crippen molar-refractivity contribution in [2.24, 2.45) is 5.92 Å². The molecule has 118 valence electrons. The van der Waals surface area contributed by atoms with Crippen LogP contribution in [-0.4, -0.2) is 24.5 Å². The Kier molecular flexibility index (Phi) is 4.85. The molecule has 0 saturated carbocycles. The van der Waals surface area contributed by atoms with Gasteiger partial charge in [-0.15, -0.1) is 0 Å². The van der Waals surface area contributed by atoms with Crippen LogP contribution in [0.3, 0.4) is 0 Å². The molecule has 1 heterocycles. The van der Waals surface area contributed by atoms with Crippen molar-refractivity contribution in [2.45, 2.75) is 33.8 Å². The number of hydrogen-bond acceptors (Lipinski definition) is 4. The number of para-hydroxylation sites is 1. The molecule has 0 spiro atoms. The van der Waals surface area contributed by atoms with Crippen molar-refractivity contribution >= 4 is 22.8 Å². The molecule has 2 aromatic rings. The molecule has 0 bridgehead atoms. The van der Waals surface area contributed by atoms with Gasteiger partial charge in [-0.05, 0) is 25.8 Å². The maximum atomic E-state index is 12.2. The smallest absolute Gasteiger partial charge is 0.375 e. The van der Waals surface area contributed by atoms with Crippen LogP contribution in [0.1, 0.15) is 36.9 Å². The summed E-state index contributed by atoms with van der Waals surface area (Å²) in [6, 6.07) is 7.38. The molecule has 5 heteroatoms. The molecular weight excluding hydrogens is 282 g/mol. The standard InChI is InChI=1S/C17H21NO4/c1-10(2)9-18-16(19)12(4)21-17(20)15-11(3)13-7-5-6-8-14(13)22-15/h5-8,10,12H,9H2,1-4H3,(H,18,19)/t12-/m1/s1. The average Bonchev–Trinajstić information content (AvgIpc) is 2.82. The summed E-state index contributed by atoms with van der Waals surface area (Å²) in [6.07, 6.45) is -0.862. The summed E-state index contributed by atoms with van der Waals surface area (Å²) in [4.78, 5) is 24.0. The van der Waals surface area contributed by atoms with Crippen LogP contribution in [0.4, 0.5) is 0 Å². The Hall–Kier alpha value is -2.30. The number of furan rings is 1. The zero-order valence-corrected chi connectivity index (χ0v) is 13.3. The average molecular weight is 303 g/mol. The Morgan fingerprint density at radius 1 is 1.23 bits per heavy atom. The van der Waals surface area contributed by atoms with Crippen LogP contribution in [0.15, 0.2) is 28.7 Å². The predicted molar refractivity (Wildman–Crippen MR) is 83.7 cm³/mol. The number of amides is 1. The Labute approximate surface area is 129 Å². The van der Waals surface area contributed by atoms with Gasteiger partial charge >= 0.3 is 5.97 Å². The normalized spacial score (nSPS) is 12.4. The van der Waals surface area contributed by atoms with Gasteiger partial charge in [-0.3, -0.25) is 4.79 Å². The van der Waals surface area contributed by atoms with Gasteiger partial charge in [0.2, 0.25) is 5.76 Å². The molecule has 5 nitrogen and oxygen atoms in total. The quantitative estimate of drug-likeness (QED) is 0.862. The monoisotopic (exact) mass is 303 g/mol. The summed E-state index contributed by atoms with van der Waals surface area (Å²) < 4.78 is 10.7. The summed E-state index contributed by atoms with van der Waals surface area (Å²) in [5, 5.41) is 3.60. The molecule has 1 aromatic carbocycles. The molecule has 0 radical (unpaired) electrons. The second-order valence-electron chi connectivity index (χ2n) is 5.74. The van der Waals surface area contributed by atoms with Crippen LogP contribution in [-0.2, 0) is 9.53 Å². The van der Waals surface area contributed by atoms with Crippen molar-refractivity contribution in [3.05, 3.63) is 35.6 Å². The molecule has 1 aromatic heterocycles. The number of benzene rings is 1. The highest BCUT2D eigenvalue weighted by atomic mass is 16.6. The Morgan fingerprint density at radius 3 is 2.55 bits per heavy atom. The molecule has 0 aliphatic heterocycles. The highest BCUT2D eigenvalue weighted by Gasteiger charge is 2.23. The van der Waals surface area contributed by atoms with Gasteiger partial charge in [0.15, 0.2) is 6.10 Å². The van der Waals surface area contributed by atoms with Gasteiger partial charge in [0.05, 0.1) is 0 Å². The van der Waals surface area contributed by atoms with Gasteiger partial charge in [0.1, 0.15) is 5.58 Å². The molecule has 0 aliphatic rings. The second-order valence-corrected chi connectivity index (χ2v) is 5.74. The molecule has 0 unspecified atom stereocenters. The van der Waals surface area contributed by atoms with Gasteiger partial charge < -0.3 is 14.5 Å². The first-order chi connectivity index (χ1) is 10.4. The lowest BCUT2D eigenvalue weighted by atomic mass is 10.1. The van der Waals surface area contributed by atoms with E-state index in [4.69, 9.17) is 9.15 Å². The number of fused-ring (bicyclic) bond motifs is 1. The van der Waals surface area contributed by atoms with E-state index >= 15 is 0 Å². The zero-order chi connectivity index (χ0) is 16.3. The molecule has 0 fully saturated rings. The van der Waals surface area contributed by atoms with Gasteiger partial charge in [0.25, 0.3) is 5.91 Å². The van der Waals surface area contributed by atoms with Crippen molar-refractivity contribution in [1.82, 2.24) is 5.32 Å². The SMILES string of the molecule is Cc1c(C(=O)O[C@H](C)C(=O)NCC(C)C)oc2ccccc12. The zero-order valence-electron chi connectivity index (χ0n) is 13.3. The third-order valence-electron chi connectivity index (χ3n) is 3.37. The largest absolute Gasteiger partial charge is 0.449 e. The summed E-state index contributed by atoms with van der Waals surface area (Å²) in [5.41, 5.74) is 1.35. The summed E-state index contributed by atoms with van der Waals surface area (Å²) in [7, 11) is 0. The number of hydrogen-bond donors (Lipinski definition) is 1. The van der Waals surface area contributed by atoms with Crippen LogP contribution in [0.2, 0.25) is 0 Å². The third kappa shape index (κ3) is 3.47. The molecule has 0 saturated heterocycles. The summed E-state index contributed by atoms with van der Waals surface area (Å²) >= 11 is 0. The lowest BCUT2D eigenvalue weighted by Crippen LogP contribution is -2.37. The van der Waals surface area contributed by atoms with Gasteiger partial charge in [-0.1, -0.05) is 32.0 Å². The fourth-order valence-electron chi connectivity index (χ4n) is 2.09. The van der Waals surface area contributed by atoms with Gasteiger partial charge in [-0.25, -0.2) is 4.79 Å². The van der Waals surface area contributed by atoms with E-state index in [1.54, 1.807) is 19.9 Å². The number of rotatable bonds is 5. The lowest BCUT2D eigenvalue weighted by molar-refractivity contribution is -0.129. The van der Waals surface area contributed by atoms with Crippen molar-refractivity contribution in [1.29, 1.82) is 0 Å². The number of carbonyl (C=O) groups is 2. The van der Waals surface area contributed by atoms with Crippen LogP contribution < -0.4 is 5.32 Å². The van der Waals surface area contributed by atoms with Crippen molar-refractivity contribution in [3.63, 3.8) is 0 Å². The van der Waals surface area contributed by atoms with E-state index in [9.17, 15) is 9.59 Å². The van der Waals surface area contributed by atoms with Crippen molar-refractivity contribution in [2.75, 3.05) is 6.54 Å². The first kappa shape index (κ1) is 16.1. The fraction of sp³-hybridized carbons (Fsp3) is 0.412. The van der Waals surface area contributed by atoms with Crippen LogP contribution >= 0.6 is 0 Å². The molecule has 0 aliphatic carbocycles. The minimum Gasteiger partial charge on any atom is -0.449 e. The van der Waals surface area contributed by atoms with E-state index in [0.29, 0.717) is 18.0 Å². The van der Waals surface area contributed by atoms with Crippen LogP contribution in [0, 0.1) is 12.8 Å². The number of ether oxygens (including phenoxy) is 1. The third-order valence-corrected chi connectivity index (χ3v) is 3.37. The summed E-state index contributed by atoms with van der Waals surface area (Å²) in [5.74, 6) is -0.453. The first-order valence-corrected chi connectivity index (χ1v) is 7.37. The van der Waals surface area contributed by atoms with E-state index in [0.717, 1.165) is 10.9 Å². The highest BCUT2D eigenvalue weighted by Crippen LogP contribution is 2.25. The van der Waals surface area contributed by atoms with E-state index < -0.39 is 12.1 Å². The van der Waals surface area contributed by atoms with Crippen LogP contribution in [0.25, 0.3) is 11.0 Å². The van der Waals surface area contributed by atoms with Crippen molar-refractivity contribution < 1.29 is 18.7 Å².